The molecule has 0 aliphatic rings. The van der Waals surface area contributed by atoms with Crippen LogP contribution in [0.4, 0.5) is 14.5 Å². The Kier molecular flexibility index (Phi) is 3.21. The van der Waals surface area contributed by atoms with Crippen molar-refractivity contribution >= 4 is 18.9 Å². The van der Waals surface area contributed by atoms with E-state index in [0.29, 0.717) is 5.69 Å². The second kappa shape index (κ2) is 4.01. The Morgan fingerprint density at radius 1 is 1.31 bits per heavy atom. The van der Waals surface area contributed by atoms with Crippen molar-refractivity contribution in [3.05, 3.63) is 23.8 Å². The number of benzene rings is 1. The van der Waals surface area contributed by atoms with E-state index in [4.69, 9.17) is 5.73 Å². The quantitative estimate of drug-likeness (QED) is 0.580. The van der Waals surface area contributed by atoms with E-state index in [9.17, 15) is 8.78 Å². The SMILES string of the molecule is CP(C)c1ccc(N)cc1C(F)F. The highest BCUT2D eigenvalue weighted by atomic mass is 31.1. The van der Waals surface area contributed by atoms with Gasteiger partial charge in [-0.15, -0.1) is 0 Å². The van der Waals surface area contributed by atoms with E-state index in [0.717, 1.165) is 5.30 Å². The molecule has 1 aromatic rings. The maximum Gasteiger partial charge on any atom is 0.264 e. The van der Waals surface area contributed by atoms with Gasteiger partial charge in [0.15, 0.2) is 0 Å². The van der Waals surface area contributed by atoms with Crippen LogP contribution in [0.2, 0.25) is 0 Å². The summed E-state index contributed by atoms with van der Waals surface area (Å²) < 4.78 is 25.0. The fraction of sp³-hybridized carbons (Fsp3) is 0.333. The van der Waals surface area contributed by atoms with Gasteiger partial charge >= 0.3 is 0 Å². The van der Waals surface area contributed by atoms with Crippen molar-refractivity contribution < 1.29 is 8.78 Å². The topological polar surface area (TPSA) is 26.0 Å². The predicted octanol–water partition coefficient (Wildman–Crippen LogP) is 2.57. The molecular formula is C9H12F2NP. The zero-order valence-corrected chi connectivity index (χ0v) is 8.48. The summed E-state index contributed by atoms with van der Waals surface area (Å²) in [4.78, 5) is 0. The monoisotopic (exact) mass is 203 g/mol. The molecule has 0 bridgehead atoms. The molecule has 0 heterocycles. The second-order valence-corrected chi connectivity index (χ2v) is 5.28. The maximum absolute atomic E-state index is 12.5. The number of alkyl halides is 2. The minimum absolute atomic E-state index is 0.0797. The average molecular weight is 203 g/mol. The van der Waals surface area contributed by atoms with E-state index < -0.39 is 14.3 Å². The molecule has 0 aliphatic heterocycles. The Labute approximate surface area is 77.7 Å². The summed E-state index contributed by atoms with van der Waals surface area (Å²) in [5.41, 5.74) is 5.92. The Bertz CT molecular complexity index is 300. The van der Waals surface area contributed by atoms with Crippen LogP contribution in [0.3, 0.4) is 0 Å². The highest BCUT2D eigenvalue weighted by Gasteiger charge is 2.14. The highest BCUT2D eigenvalue weighted by Crippen LogP contribution is 2.31. The first-order valence-corrected chi connectivity index (χ1v) is 6.11. The summed E-state index contributed by atoms with van der Waals surface area (Å²) in [6.07, 6.45) is -2.43. The lowest BCUT2D eigenvalue weighted by atomic mass is 10.2. The Balaban J connectivity index is 3.19. The fourth-order valence-corrected chi connectivity index (χ4v) is 2.21. The molecule has 0 atom stereocenters. The molecule has 0 spiro atoms. The van der Waals surface area contributed by atoms with Crippen molar-refractivity contribution in [1.29, 1.82) is 0 Å². The van der Waals surface area contributed by atoms with Crippen LogP contribution in [0.1, 0.15) is 12.0 Å². The molecule has 1 aromatic carbocycles. The Morgan fingerprint density at radius 3 is 2.38 bits per heavy atom. The number of halogens is 2. The van der Waals surface area contributed by atoms with Crippen LogP contribution in [0.15, 0.2) is 18.2 Å². The van der Waals surface area contributed by atoms with E-state index in [1.54, 1.807) is 12.1 Å². The van der Waals surface area contributed by atoms with E-state index in [2.05, 4.69) is 0 Å². The molecule has 0 fully saturated rings. The third-order valence-corrected chi connectivity index (χ3v) is 3.14. The predicted molar refractivity (Wildman–Crippen MR) is 54.2 cm³/mol. The first kappa shape index (κ1) is 10.4. The maximum atomic E-state index is 12.5. The molecule has 0 saturated heterocycles. The lowest BCUT2D eigenvalue weighted by Gasteiger charge is -2.12. The molecule has 0 aromatic heterocycles. The van der Waals surface area contributed by atoms with E-state index in [1.165, 1.54) is 6.07 Å². The van der Waals surface area contributed by atoms with Crippen molar-refractivity contribution in [2.24, 2.45) is 0 Å². The number of hydrogen-bond donors (Lipinski definition) is 1. The van der Waals surface area contributed by atoms with Crippen molar-refractivity contribution in [3.8, 4) is 0 Å². The largest absolute Gasteiger partial charge is 0.399 e. The van der Waals surface area contributed by atoms with E-state index in [-0.39, 0.29) is 5.56 Å². The molecule has 13 heavy (non-hydrogen) atoms. The minimum Gasteiger partial charge on any atom is -0.399 e. The first-order chi connectivity index (χ1) is 6.02. The lowest BCUT2D eigenvalue weighted by molar-refractivity contribution is 0.152. The highest BCUT2D eigenvalue weighted by molar-refractivity contribution is 7.64. The molecule has 2 N–H and O–H groups in total. The molecule has 0 amide bonds. The van der Waals surface area contributed by atoms with Gasteiger partial charge in [-0.2, -0.15) is 0 Å². The summed E-state index contributed by atoms with van der Waals surface area (Å²) in [6.45, 7) is 3.90. The van der Waals surface area contributed by atoms with Crippen LogP contribution in [0.25, 0.3) is 0 Å². The summed E-state index contributed by atoms with van der Waals surface area (Å²) in [5.74, 6) is 0. The van der Waals surface area contributed by atoms with Crippen molar-refractivity contribution in [3.63, 3.8) is 0 Å². The summed E-state index contributed by atoms with van der Waals surface area (Å²) >= 11 is 0. The minimum atomic E-state index is -2.43. The normalized spacial score (nSPS) is 11.2. The number of nitrogens with two attached hydrogens (primary N) is 1. The van der Waals surface area contributed by atoms with Crippen LogP contribution < -0.4 is 11.0 Å². The summed E-state index contributed by atoms with van der Waals surface area (Å²) in [7, 11) is -0.497. The van der Waals surface area contributed by atoms with Gasteiger partial charge in [-0.1, -0.05) is 14.0 Å². The van der Waals surface area contributed by atoms with Gasteiger partial charge in [0.2, 0.25) is 0 Å². The summed E-state index contributed by atoms with van der Waals surface area (Å²) in [6, 6.07) is 4.73. The molecule has 0 radical (unpaired) electrons. The third kappa shape index (κ3) is 2.38. The van der Waals surface area contributed by atoms with Gasteiger partial charge in [-0.05, 0) is 30.8 Å². The molecule has 72 valence electrons. The number of nitrogen functional groups attached to an aromatic ring is 1. The smallest absolute Gasteiger partial charge is 0.264 e. The number of anilines is 1. The van der Waals surface area contributed by atoms with Gasteiger partial charge in [-0.3, -0.25) is 0 Å². The van der Waals surface area contributed by atoms with Gasteiger partial charge in [0.05, 0.1) is 0 Å². The molecule has 0 unspecified atom stereocenters. The third-order valence-electron chi connectivity index (χ3n) is 1.77. The van der Waals surface area contributed by atoms with Gasteiger partial charge in [0, 0.05) is 11.3 Å². The molecule has 0 aliphatic carbocycles. The zero-order valence-electron chi connectivity index (χ0n) is 7.59. The molecule has 1 nitrogen and oxygen atoms in total. The summed E-state index contributed by atoms with van der Waals surface area (Å²) in [5, 5.41) is 0.735. The van der Waals surface area contributed by atoms with Gasteiger partial charge in [0.25, 0.3) is 6.43 Å². The second-order valence-electron chi connectivity index (χ2n) is 3.01. The fourth-order valence-electron chi connectivity index (χ4n) is 1.16. The first-order valence-electron chi connectivity index (χ1n) is 3.87. The van der Waals surface area contributed by atoms with Crippen LogP contribution in [0, 0.1) is 0 Å². The van der Waals surface area contributed by atoms with Crippen molar-refractivity contribution in [2.45, 2.75) is 6.43 Å². The van der Waals surface area contributed by atoms with Crippen LogP contribution in [-0.2, 0) is 0 Å². The number of rotatable bonds is 2. The van der Waals surface area contributed by atoms with Gasteiger partial charge < -0.3 is 5.73 Å². The average Bonchev–Trinajstić information content (AvgIpc) is 2.03. The molecule has 1 rings (SSSR count). The zero-order chi connectivity index (χ0) is 10.0. The van der Waals surface area contributed by atoms with Crippen molar-refractivity contribution in [2.75, 3.05) is 19.1 Å². The lowest BCUT2D eigenvalue weighted by Crippen LogP contribution is -2.08. The van der Waals surface area contributed by atoms with Gasteiger partial charge in [0.1, 0.15) is 0 Å². The molecule has 0 saturated carbocycles. The molecule has 4 heteroatoms. The Morgan fingerprint density at radius 2 is 1.92 bits per heavy atom. The number of hydrogen-bond acceptors (Lipinski definition) is 1. The molecular weight excluding hydrogens is 191 g/mol. The van der Waals surface area contributed by atoms with E-state index >= 15 is 0 Å². The van der Waals surface area contributed by atoms with E-state index in [1.807, 2.05) is 13.3 Å². The van der Waals surface area contributed by atoms with Crippen LogP contribution in [-0.4, -0.2) is 13.3 Å². The Hall–Kier alpha value is -0.690. The van der Waals surface area contributed by atoms with Crippen molar-refractivity contribution in [1.82, 2.24) is 0 Å². The standard InChI is InChI=1S/C9H12F2NP/c1-13(2)8-4-3-6(12)5-7(8)9(10)11/h3-5,9H,12H2,1-2H3. The van der Waals surface area contributed by atoms with Crippen LogP contribution >= 0.6 is 7.92 Å². The van der Waals surface area contributed by atoms with Crippen LogP contribution in [0.5, 0.6) is 0 Å². The van der Waals surface area contributed by atoms with Gasteiger partial charge in [-0.25, -0.2) is 8.78 Å².